The topological polar surface area (TPSA) is 72.4 Å². The Kier molecular flexibility index (Phi) is 4.46. The van der Waals surface area contributed by atoms with E-state index in [1.165, 1.54) is 12.6 Å². The van der Waals surface area contributed by atoms with E-state index in [2.05, 4.69) is 6.92 Å². The summed E-state index contributed by atoms with van der Waals surface area (Å²) in [6, 6.07) is 7.10. The van der Waals surface area contributed by atoms with Gasteiger partial charge in [-0.3, -0.25) is 9.80 Å². The quantitative estimate of drug-likeness (QED) is 0.452. The molecule has 1 aromatic rings. The van der Waals surface area contributed by atoms with Gasteiger partial charge in [0.15, 0.2) is 0 Å². The third-order valence-corrected chi connectivity index (χ3v) is 2.49. The lowest BCUT2D eigenvalue weighted by molar-refractivity contribution is -0.131. The number of hydrogen-bond acceptors (Lipinski definition) is 3. The fourth-order valence-electron chi connectivity index (χ4n) is 1.54. The number of carbonyl (C=O) groups excluding carboxylic acids is 1. The van der Waals surface area contributed by atoms with Crippen molar-refractivity contribution in [2.75, 3.05) is 7.05 Å². The molecule has 0 aromatic heterocycles. The van der Waals surface area contributed by atoms with E-state index in [0.717, 1.165) is 23.4 Å². The van der Waals surface area contributed by atoms with Crippen molar-refractivity contribution in [2.24, 2.45) is 11.6 Å². The Morgan fingerprint density at radius 3 is 2.38 bits per heavy atom. The number of likely N-dealkylation sites (N-methyl/N-ethyl adjacent to an activating group) is 1. The number of hydrazine groups is 1. The molecule has 0 spiro atoms. The minimum absolute atomic E-state index is 0.289. The standard InChI is InChI=1S/C12H19N3O/c1-3-4-9-5-7-10(8-6-9)11(13)12(16)15(2)14/h5-8,11H,3-4,13-14H2,1-2H3. The van der Waals surface area contributed by atoms with Gasteiger partial charge in [-0.25, -0.2) is 5.84 Å². The largest absolute Gasteiger partial charge is 0.316 e. The molecule has 1 amide bonds. The number of carbonyl (C=O) groups is 1. The van der Waals surface area contributed by atoms with Crippen LogP contribution in [0.4, 0.5) is 0 Å². The first-order chi connectivity index (χ1) is 7.56. The highest BCUT2D eigenvalue weighted by Gasteiger charge is 2.17. The summed E-state index contributed by atoms with van der Waals surface area (Å²) < 4.78 is 0. The van der Waals surface area contributed by atoms with Gasteiger partial charge in [0.05, 0.1) is 0 Å². The van der Waals surface area contributed by atoms with Crippen LogP contribution in [0.5, 0.6) is 0 Å². The summed E-state index contributed by atoms with van der Waals surface area (Å²) >= 11 is 0. The van der Waals surface area contributed by atoms with Crippen LogP contribution in [-0.2, 0) is 11.2 Å². The summed E-state index contributed by atoms with van der Waals surface area (Å²) in [5, 5.41) is 1.02. The first-order valence-corrected chi connectivity index (χ1v) is 5.43. The number of nitrogens with zero attached hydrogens (tertiary/aromatic N) is 1. The maximum Gasteiger partial charge on any atom is 0.257 e. The lowest BCUT2D eigenvalue weighted by Gasteiger charge is -2.16. The van der Waals surface area contributed by atoms with Crippen LogP contribution in [0.15, 0.2) is 24.3 Å². The average molecular weight is 221 g/mol. The van der Waals surface area contributed by atoms with Gasteiger partial charge in [0.1, 0.15) is 6.04 Å². The van der Waals surface area contributed by atoms with Gasteiger partial charge in [-0.05, 0) is 17.5 Å². The Labute approximate surface area is 96.2 Å². The molecule has 1 unspecified atom stereocenters. The maximum atomic E-state index is 11.5. The van der Waals surface area contributed by atoms with Gasteiger partial charge >= 0.3 is 0 Å². The fourth-order valence-corrected chi connectivity index (χ4v) is 1.54. The number of rotatable bonds is 4. The molecule has 0 bridgehead atoms. The third kappa shape index (κ3) is 3.05. The number of nitrogens with two attached hydrogens (primary N) is 2. The normalized spacial score (nSPS) is 12.2. The van der Waals surface area contributed by atoms with Crippen LogP contribution in [0.25, 0.3) is 0 Å². The van der Waals surface area contributed by atoms with Crippen LogP contribution in [0.1, 0.15) is 30.5 Å². The second-order valence-electron chi connectivity index (χ2n) is 3.92. The van der Waals surface area contributed by atoms with E-state index in [4.69, 9.17) is 11.6 Å². The van der Waals surface area contributed by atoms with E-state index in [1.807, 2.05) is 24.3 Å². The lowest BCUT2D eigenvalue weighted by Crippen LogP contribution is -2.40. The SMILES string of the molecule is CCCc1ccc(C(N)C(=O)N(C)N)cc1. The average Bonchev–Trinajstić information content (AvgIpc) is 2.28. The van der Waals surface area contributed by atoms with Crippen LogP contribution in [0, 0.1) is 0 Å². The zero-order chi connectivity index (χ0) is 12.1. The Morgan fingerprint density at radius 2 is 1.94 bits per heavy atom. The van der Waals surface area contributed by atoms with Crippen molar-refractivity contribution >= 4 is 5.91 Å². The van der Waals surface area contributed by atoms with Crippen molar-refractivity contribution < 1.29 is 4.79 Å². The maximum absolute atomic E-state index is 11.5. The molecular weight excluding hydrogens is 202 g/mol. The molecule has 0 aliphatic carbocycles. The van der Waals surface area contributed by atoms with Gasteiger partial charge in [0.25, 0.3) is 5.91 Å². The minimum Gasteiger partial charge on any atom is -0.316 e. The van der Waals surface area contributed by atoms with Crippen molar-refractivity contribution in [1.82, 2.24) is 5.01 Å². The van der Waals surface area contributed by atoms with Crippen LogP contribution in [0.2, 0.25) is 0 Å². The molecule has 1 atom stereocenters. The first kappa shape index (κ1) is 12.7. The van der Waals surface area contributed by atoms with Crippen molar-refractivity contribution in [2.45, 2.75) is 25.8 Å². The molecule has 1 rings (SSSR count). The van der Waals surface area contributed by atoms with Crippen molar-refractivity contribution in [3.8, 4) is 0 Å². The van der Waals surface area contributed by atoms with Crippen LogP contribution >= 0.6 is 0 Å². The van der Waals surface area contributed by atoms with E-state index in [1.54, 1.807) is 0 Å². The Balaban J connectivity index is 2.77. The van der Waals surface area contributed by atoms with Gasteiger partial charge < -0.3 is 5.73 Å². The zero-order valence-electron chi connectivity index (χ0n) is 9.81. The van der Waals surface area contributed by atoms with E-state index in [0.29, 0.717) is 0 Å². The summed E-state index contributed by atoms with van der Waals surface area (Å²) in [6.45, 7) is 2.13. The number of benzene rings is 1. The Morgan fingerprint density at radius 1 is 1.38 bits per heavy atom. The molecule has 0 saturated carbocycles. The van der Waals surface area contributed by atoms with E-state index in [9.17, 15) is 4.79 Å². The zero-order valence-corrected chi connectivity index (χ0v) is 9.81. The fraction of sp³-hybridized carbons (Fsp3) is 0.417. The number of amides is 1. The molecular formula is C12H19N3O. The van der Waals surface area contributed by atoms with Gasteiger partial charge in [-0.1, -0.05) is 37.6 Å². The second-order valence-corrected chi connectivity index (χ2v) is 3.92. The van der Waals surface area contributed by atoms with E-state index < -0.39 is 6.04 Å². The smallest absolute Gasteiger partial charge is 0.257 e. The monoisotopic (exact) mass is 221 g/mol. The van der Waals surface area contributed by atoms with Crippen molar-refractivity contribution in [3.63, 3.8) is 0 Å². The lowest BCUT2D eigenvalue weighted by atomic mass is 10.0. The molecule has 0 heterocycles. The van der Waals surface area contributed by atoms with Crippen molar-refractivity contribution in [3.05, 3.63) is 35.4 Å². The summed E-state index contributed by atoms with van der Waals surface area (Å²) in [6.07, 6.45) is 2.15. The summed E-state index contributed by atoms with van der Waals surface area (Å²) in [5.41, 5.74) is 7.84. The molecule has 16 heavy (non-hydrogen) atoms. The predicted molar refractivity (Wildman–Crippen MR) is 64.3 cm³/mol. The van der Waals surface area contributed by atoms with Crippen LogP contribution < -0.4 is 11.6 Å². The molecule has 0 aliphatic heterocycles. The Bertz CT molecular complexity index is 346. The molecule has 0 radical (unpaired) electrons. The number of aryl methyl sites for hydroxylation is 1. The molecule has 0 saturated heterocycles. The molecule has 1 aromatic carbocycles. The van der Waals surface area contributed by atoms with E-state index in [-0.39, 0.29) is 5.91 Å². The third-order valence-electron chi connectivity index (χ3n) is 2.49. The van der Waals surface area contributed by atoms with Gasteiger partial charge in [-0.15, -0.1) is 0 Å². The highest BCUT2D eigenvalue weighted by Crippen LogP contribution is 2.13. The summed E-state index contributed by atoms with van der Waals surface area (Å²) in [4.78, 5) is 11.5. The Hall–Kier alpha value is -1.39. The van der Waals surface area contributed by atoms with Crippen molar-refractivity contribution in [1.29, 1.82) is 0 Å². The molecule has 4 nitrogen and oxygen atoms in total. The van der Waals surface area contributed by atoms with Gasteiger partial charge in [0, 0.05) is 7.05 Å². The summed E-state index contributed by atoms with van der Waals surface area (Å²) in [7, 11) is 1.49. The molecule has 4 heteroatoms. The highest BCUT2D eigenvalue weighted by atomic mass is 16.2. The van der Waals surface area contributed by atoms with E-state index >= 15 is 0 Å². The highest BCUT2D eigenvalue weighted by molar-refractivity contribution is 5.82. The number of hydrogen-bond donors (Lipinski definition) is 2. The van der Waals surface area contributed by atoms with Gasteiger partial charge in [0.2, 0.25) is 0 Å². The predicted octanol–water partition coefficient (Wildman–Crippen LogP) is 0.971. The van der Waals surface area contributed by atoms with Crippen LogP contribution in [-0.4, -0.2) is 18.0 Å². The first-order valence-electron chi connectivity index (χ1n) is 5.43. The molecule has 0 fully saturated rings. The molecule has 88 valence electrons. The summed E-state index contributed by atoms with van der Waals surface area (Å²) in [5.74, 6) is 5.07. The molecule has 4 N–H and O–H groups in total. The minimum atomic E-state index is -0.675. The van der Waals surface area contributed by atoms with Gasteiger partial charge in [-0.2, -0.15) is 0 Å². The second kappa shape index (κ2) is 5.63. The van der Waals surface area contributed by atoms with Crippen LogP contribution in [0.3, 0.4) is 0 Å². The molecule has 0 aliphatic rings.